The number of hydrogen-bond donors (Lipinski definition) is 0. The van der Waals surface area contributed by atoms with Crippen molar-refractivity contribution >= 4 is 17.3 Å². The number of alkyl halides is 1. The molecule has 100 valence electrons. The van der Waals surface area contributed by atoms with Crippen molar-refractivity contribution in [1.82, 2.24) is 9.13 Å². The number of aryl methyl sites for hydroxylation is 1. The van der Waals surface area contributed by atoms with Gasteiger partial charge in [-0.2, -0.15) is 0 Å². The van der Waals surface area contributed by atoms with E-state index in [1.54, 1.807) is 6.92 Å². The predicted octanol–water partition coefficient (Wildman–Crippen LogP) is 0.957. The van der Waals surface area contributed by atoms with Gasteiger partial charge >= 0.3 is 16.9 Å². The van der Waals surface area contributed by atoms with Gasteiger partial charge in [0.25, 0.3) is 0 Å². The maximum Gasteiger partial charge on any atom is 0.350 e. The van der Waals surface area contributed by atoms with Gasteiger partial charge in [-0.15, -0.1) is 11.6 Å². The minimum Gasteiger partial charge on any atom is -0.294 e. The van der Waals surface area contributed by atoms with Gasteiger partial charge in [-0.05, 0) is 19.8 Å². The standard InChI is InChI=1S/C10H14ClN3O4/c1-2-12-7-8(14(17)18)9(15)13(10(12)16)6-4-3-5-11/h7H,2-6H2,1H3. The molecule has 0 aliphatic rings. The van der Waals surface area contributed by atoms with E-state index in [1.165, 1.54) is 0 Å². The molecule has 0 N–H and O–H groups in total. The van der Waals surface area contributed by atoms with E-state index in [9.17, 15) is 19.7 Å². The number of hydrogen-bond acceptors (Lipinski definition) is 4. The molecule has 0 aliphatic heterocycles. The van der Waals surface area contributed by atoms with Crippen molar-refractivity contribution in [2.24, 2.45) is 0 Å². The number of rotatable bonds is 6. The molecule has 8 heteroatoms. The molecule has 0 aliphatic carbocycles. The zero-order chi connectivity index (χ0) is 13.7. The van der Waals surface area contributed by atoms with Gasteiger partial charge in [-0.1, -0.05) is 0 Å². The van der Waals surface area contributed by atoms with Gasteiger partial charge in [-0.3, -0.25) is 24.0 Å². The largest absolute Gasteiger partial charge is 0.350 e. The highest BCUT2D eigenvalue weighted by molar-refractivity contribution is 6.17. The van der Waals surface area contributed by atoms with Crippen molar-refractivity contribution in [3.63, 3.8) is 0 Å². The van der Waals surface area contributed by atoms with Gasteiger partial charge in [0, 0.05) is 19.0 Å². The molecule has 0 bridgehead atoms. The summed E-state index contributed by atoms with van der Waals surface area (Å²) in [6.07, 6.45) is 2.16. The molecule has 0 fully saturated rings. The second-order valence-corrected chi connectivity index (χ2v) is 4.07. The van der Waals surface area contributed by atoms with E-state index < -0.39 is 21.9 Å². The second kappa shape index (κ2) is 6.34. The molecule has 1 aromatic rings. The van der Waals surface area contributed by atoms with Crippen LogP contribution in [-0.2, 0) is 13.1 Å². The third-order valence-corrected chi connectivity index (χ3v) is 2.79. The van der Waals surface area contributed by atoms with Crippen LogP contribution in [0.1, 0.15) is 19.8 Å². The van der Waals surface area contributed by atoms with Crippen LogP contribution in [0.25, 0.3) is 0 Å². The highest BCUT2D eigenvalue weighted by atomic mass is 35.5. The maximum absolute atomic E-state index is 11.9. The fourth-order valence-electron chi connectivity index (χ4n) is 1.55. The first-order valence-corrected chi connectivity index (χ1v) is 6.11. The summed E-state index contributed by atoms with van der Waals surface area (Å²) in [5.41, 5.74) is -1.96. The van der Waals surface area contributed by atoms with Crippen LogP contribution in [0.3, 0.4) is 0 Å². The molecule has 0 radical (unpaired) electrons. The summed E-state index contributed by atoms with van der Waals surface area (Å²) in [5, 5.41) is 10.7. The molecule has 0 saturated carbocycles. The van der Waals surface area contributed by atoms with Crippen LogP contribution < -0.4 is 11.2 Å². The zero-order valence-corrected chi connectivity index (χ0v) is 10.7. The molecule has 18 heavy (non-hydrogen) atoms. The average molecular weight is 276 g/mol. The minimum atomic E-state index is -0.857. The van der Waals surface area contributed by atoms with E-state index in [0.717, 1.165) is 15.3 Å². The van der Waals surface area contributed by atoms with E-state index >= 15 is 0 Å². The average Bonchev–Trinajstić information content (AvgIpc) is 2.33. The van der Waals surface area contributed by atoms with Crippen LogP contribution in [0.5, 0.6) is 0 Å². The van der Waals surface area contributed by atoms with Crippen LogP contribution in [0.4, 0.5) is 5.69 Å². The van der Waals surface area contributed by atoms with Gasteiger partial charge in [0.15, 0.2) is 0 Å². The minimum absolute atomic E-state index is 0.145. The number of aromatic nitrogens is 2. The van der Waals surface area contributed by atoms with E-state index in [1.807, 2.05) is 0 Å². The molecule has 0 aromatic carbocycles. The first kappa shape index (κ1) is 14.4. The molecule has 0 atom stereocenters. The van der Waals surface area contributed by atoms with Gasteiger partial charge in [0.1, 0.15) is 0 Å². The molecule has 1 heterocycles. The van der Waals surface area contributed by atoms with Crippen molar-refractivity contribution in [3.8, 4) is 0 Å². The van der Waals surface area contributed by atoms with E-state index in [4.69, 9.17) is 11.6 Å². The van der Waals surface area contributed by atoms with Gasteiger partial charge in [0.2, 0.25) is 0 Å². The van der Waals surface area contributed by atoms with Crippen molar-refractivity contribution < 1.29 is 4.92 Å². The molecule has 7 nitrogen and oxygen atoms in total. The lowest BCUT2D eigenvalue weighted by molar-refractivity contribution is -0.387. The molecule has 1 rings (SSSR count). The normalized spacial score (nSPS) is 10.6. The predicted molar refractivity (Wildman–Crippen MR) is 67.2 cm³/mol. The Morgan fingerprint density at radius 2 is 2.06 bits per heavy atom. The zero-order valence-electron chi connectivity index (χ0n) is 9.97. The Morgan fingerprint density at radius 1 is 1.39 bits per heavy atom. The Morgan fingerprint density at radius 3 is 2.56 bits per heavy atom. The van der Waals surface area contributed by atoms with E-state index in [-0.39, 0.29) is 13.1 Å². The third kappa shape index (κ3) is 2.98. The quantitative estimate of drug-likeness (QED) is 0.335. The van der Waals surface area contributed by atoms with E-state index in [2.05, 4.69) is 0 Å². The SMILES string of the molecule is CCn1cc([N+](=O)[O-])c(=O)n(CCCCCl)c1=O. The Labute approximate surface area is 108 Å². The fourth-order valence-corrected chi connectivity index (χ4v) is 1.74. The summed E-state index contributed by atoms with van der Waals surface area (Å²) < 4.78 is 2.05. The lowest BCUT2D eigenvalue weighted by Crippen LogP contribution is -2.40. The summed E-state index contributed by atoms with van der Waals surface area (Å²) in [6.45, 7) is 2.10. The summed E-state index contributed by atoms with van der Waals surface area (Å²) in [7, 11) is 0. The Kier molecular flexibility index (Phi) is 5.08. The third-order valence-electron chi connectivity index (χ3n) is 2.52. The fraction of sp³-hybridized carbons (Fsp3) is 0.600. The molecular weight excluding hydrogens is 262 g/mol. The van der Waals surface area contributed by atoms with Crippen LogP contribution in [0.15, 0.2) is 15.8 Å². The highest BCUT2D eigenvalue weighted by Crippen LogP contribution is 2.01. The second-order valence-electron chi connectivity index (χ2n) is 3.69. The van der Waals surface area contributed by atoms with Gasteiger partial charge in [0.05, 0.1) is 11.1 Å². The van der Waals surface area contributed by atoms with Gasteiger partial charge < -0.3 is 0 Å². The smallest absolute Gasteiger partial charge is 0.294 e. The summed E-state index contributed by atoms with van der Waals surface area (Å²) in [6, 6.07) is 0. The molecule has 0 saturated heterocycles. The molecular formula is C10H14ClN3O4. The lowest BCUT2D eigenvalue weighted by atomic mass is 10.3. The van der Waals surface area contributed by atoms with Crippen molar-refractivity contribution in [3.05, 3.63) is 37.1 Å². The molecule has 0 spiro atoms. The van der Waals surface area contributed by atoms with Gasteiger partial charge in [-0.25, -0.2) is 4.79 Å². The lowest BCUT2D eigenvalue weighted by Gasteiger charge is -2.07. The molecule has 0 unspecified atom stereocenters. The van der Waals surface area contributed by atoms with Crippen LogP contribution in [0, 0.1) is 10.1 Å². The monoisotopic (exact) mass is 275 g/mol. The van der Waals surface area contributed by atoms with Crippen molar-refractivity contribution in [2.75, 3.05) is 5.88 Å². The van der Waals surface area contributed by atoms with Crippen molar-refractivity contribution in [2.45, 2.75) is 32.9 Å². The molecule has 0 amide bonds. The summed E-state index contributed by atoms with van der Waals surface area (Å²) >= 11 is 5.51. The van der Waals surface area contributed by atoms with E-state index in [0.29, 0.717) is 18.7 Å². The van der Waals surface area contributed by atoms with Crippen LogP contribution in [-0.4, -0.2) is 19.9 Å². The number of halogens is 1. The summed E-state index contributed by atoms with van der Waals surface area (Å²) in [4.78, 5) is 33.6. The highest BCUT2D eigenvalue weighted by Gasteiger charge is 2.18. The first-order valence-electron chi connectivity index (χ1n) is 5.57. The van der Waals surface area contributed by atoms with Crippen LogP contribution in [0.2, 0.25) is 0 Å². The summed E-state index contributed by atoms with van der Waals surface area (Å²) in [5.74, 6) is 0.422. The Hall–Kier alpha value is -1.63. The topological polar surface area (TPSA) is 87.1 Å². The maximum atomic E-state index is 11.9. The Balaban J connectivity index is 3.29. The number of unbranched alkanes of at least 4 members (excludes halogenated alkanes) is 1. The Bertz CT molecular complexity index is 549. The first-order chi connectivity index (χ1) is 8.52. The number of nitro groups is 1. The van der Waals surface area contributed by atoms with Crippen LogP contribution >= 0.6 is 11.6 Å². The number of nitrogens with zero attached hydrogens (tertiary/aromatic N) is 3. The molecule has 1 aromatic heterocycles. The van der Waals surface area contributed by atoms with Crippen molar-refractivity contribution in [1.29, 1.82) is 0 Å².